The molecule has 0 spiro atoms. The lowest BCUT2D eigenvalue weighted by molar-refractivity contribution is -0.0425. The molecular weight excluding hydrogens is 403 g/mol. The van der Waals surface area contributed by atoms with Gasteiger partial charge >= 0.3 is 6.03 Å². The number of benzene rings is 2. The molecule has 0 saturated carbocycles. The number of likely N-dealkylation sites (tertiary alicyclic amines) is 1. The largest absolute Gasteiger partial charge is 0.490 e. The van der Waals surface area contributed by atoms with Crippen LogP contribution in [0.2, 0.25) is 10.0 Å². The van der Waals surface area contributed by atoms with Crippen LogP contribution >= 0.6 is 23.2 Å². The van der Waals surface area contributed by atoms with E-state index in [1.807, 2.05) is 6.07 Å². The van der Waals surface area contributed by atoms with E-state index in [-0.39, 0.29) is 12.1 Å². The third-order valence-corrected chi connectivity index (χ3v) is 5.38. The maximum absolute atomic E-state index is 12.4. The third-order valence-electron chi connectivity index (χ3n) is 4.64. The number of carbonyl (C=O) groups excluding carboxylic acids is 1. The molecule has 2 aromatic carbocycles. The van der Waals surface area contributed by atoms with Crippen LogP contribution in [0.5, 0.6) is 5.75 Å². The van der Waals surface area contributed by atoms with E-state index in [0.29, 0.717) is 41.0 Å². The van der Waals surface area contributed by atoms with Crippen LogP contribution in [0.15, 0.2) is 42.5 Å². The molecule has 3 N–H and O–H groups in total. The zero-order valence-corrected chi connectivity index (χ0v) is 16.7. The minimum atomic E-state index is -1.49. The zero-order valence-electron chi connectivity index (χ0n) is 15.1. The average Bonchev–Trinajstić information content (AvgIpc) is 2.69. The molecule has 1 aliphatic rings. The Morgan fingerprint density at radius 2 is 1.79 bits per heavy atom. The highest BCUT2D eigenvalue weighted by atomic mass is 35.5. The van der Waals surface area contributed by atoms with E-state index in [0.717, 1.165) is 18.4 Å². The van der Waals surface area contributed by atoms with E-state index >= 15 is 0 Å². The fourth-order valence-corrected chi connectivity index (χ4v) is 3.35. The molecule has 2 aromatic rings. The molecular formula is C20H22Cl2N2O4. The molecule has 1 saturated heterocycles. The summed E-state index contributed by atoms with van der Waals surface area (Å²) in [5, 5.41) is 22.1. The quantitative estimate of drug-likeness (QED) is 0.638. The van der Waals surface area contributed by atoms with Gasteiger partial charge in [0.25, 0.3) is 0 Å². The van der Waals surface area contributed by atoms with Gasteiger partial charge in [-0.25, -0.2) is 4.79 Å². The number of hydrogen-bond acceptors (Lipinski definition) is 4. The van der Waals surface area contributed by atoms with Crippen molar-refractivity contribution in [1.82, 2.24) is 10.2 Å². The van der Waals surface area contributed by atoms with Crippen molar-refractivity contribution in [2.45, 2.75) is 31.8 Å². The summed E-state index contributed by atoms with van der Waals surface area (Å²) in [6, 6.07) is 11.8. The van der Waals surface area contributed by atoms with Crippen molar-refractivity contribution in [1.29, 1.82) is 0 Å². The molecule has 1 heterocycles. The molecule has 0 bridgehead atoms. The van der Waals surface area contributed by atoms with Crippen LogP contribution in [0.1, 0.15) is 30.3 Å². The molecule has 28 heavy (non-hydrogen) atoms. The van der Waals surface area contributed by atoms with Gasteiger partial charge in [0.05, 0.1) is 10.0 Å². The van der Waals surface area contributed by atoms with Gasteiger partial charge < -0.3 is 25.2 Å². The van der Waals surface area contributed by atoms with Crippen molar-refractivity contribution in [3.63, 3.8) is 0 Å². The van der Waals surface area contributed by atoms with Crippen LogP contribution in [0, 0.1) is 0 Å². The van der Waals surface area contributed by atoms with Gasteiger partial charge in [0.15, 0.2) is 6.29 Å². The molecule has 6 nitrogen and oxygen atoms in total. The van der Waals surface area contributed by atoms with Gasteiger partial charge in [0.2, 0.25) is 0 Å². The summed E-state index contributed by atoms with van der Waals surface area (Å²) < 4.78 is 5.92. The Bertz CT molecular complexity index is 806. The van der Waals surface area contributed by atoms with Crippen molar-refractivity contribution < 1.29 is 19.7 Å². The van der Waals surface area contributed by atoms with Gasteiger partial charge in [-0.3, -0.25) is 0 Å². The molecule has 0 radical (unpaired) electrons. The number of hydrogen-bond donors (Lipinski definition) is 3. The normalized spacial score (nSPS) is 15.0. The molecule has 0 atom stereocenters. The van der Waals surface area contributed by atoms with Crippen molar-refractivity contribution in [3.8, 4) is 5.75 Å². The monoisotopic (exact) mass is 424 g/mol. The Morgan fingerprint density at radius 1 is 1.11 bits per heavy atom. The van der Waals surface area contributed by atoms with Crippen LogP contribution in [-0.4, -0.2) is 40.3 Å². The predicted octanol–water partition coefficient (Wildman–Crippen LogP) is 3.73. The lowest BCUT2D eigenvalue weighted by Gasteiger charge is -2.32. The average molecular weight is 425 g/mol. The van der Waals surface area contributed by atoms with E-state index < -0.39 is 6.29 Å². The molecule has 0 aliphatic carbocycles. The topological polar surface area (TPSA) is 82.0 Å². The molecule has 2 amide bonds. The number of aliphatic hydroxyl groups is 2. The number of ether oxygens (including phenoxy) is 1. The fraction of sp³-hybridized carbons (Fsp3) is 0.350. The molecule has 1 aliphatic heterocycles. The van der Waals surface area contributed by atoms with Crippen LogP contribution in [-0.2, 0) is 6.54 Å². The molecule has 3 rings (SSSR count). The summed E-state index contributed by atoms with van der Waals surface area (Å²) >= 11 is 11.9. The standard InChI is InChI=1S/C20H22Cl2N2O4/c21-17-6-1-13(11-18(17)22)12-23-20(27)24-9-7-16(8-10-24)28-15-4-2-14(3-5-15)19(25)26/h1-6,11,16,19,25-26H,7-10,12H2,(H,23,27). The fourth-order valence-electron chi connectivity index (χ4n) is 3.03. The minimum Gasteiger partial charge on any atom is -0.490 e. The van der Waals surface area contributed by atoms with Gasteiger partial charge in [-0.05, 0) is 29.8 Å². The number of urea groups is 1. The summed E-state index contributed by atoms with van der Waals surface area (Å²) in [5.41, 5.74) is 1.30. The highest BCUT2D eigenvalue weighted by Gasteiger charge is 2.24. The van der Waals surface area contributed by atoms with Crippen molar-refractivity contribution in [2.24, 2.45) is 0 Å². The van der Waals surface area contributed by atoms with Gasteiger partial charge in [-0.2, -0.15) is 0 Å². The molecule has 0 unspecified atom stereocenters. The molecule has 1 fully saturated rings. The number of rotatable bonds is 5. The van der Waals surface area contributed by atoms with E-state index in [1.54, 1.807) is 41.3 Å². The number of aliphatic hydroxyl groups excluding tert-OH is 1. The lowest BCUT2D eigenvalue weighted by Crippen LogP contribution is -2.46. The van der Waals surface area contributed by atoms with Crippen LogP contribution in [0.3, 0.4) is 0 Å². The lowest BCUT2D eigenvalue weighted by atomic mass is 10.1. The van der Waals surface area contributed by atoms with E-state index in [4.69, 9.17) is 38.2 Å². The number of carbonyl (C=O) groups is 1. The first-order chi connectivity index (χ1) is 13.4. The van der Waals surface area contributed by atoms with Crippen LogP contribution in [0.4, 0.5) is 4.79 Å². The second-order valence-corrected chi connectivity index (χ2v) is 7.47. The molecule has 8 heteroatoms. The van der Waals surface area contributed by atoms with Gasteiger partial charge in [0, 0.05) is 38.0 Å². The highest BCUT2D eigenvalue weighted by Crippen LogP contribution is 2.23. The first kappa shape index (κ1) is 20.7. The summed E-state index contributed by atoms with van der Waals surface area (Å²) in [4.78, 5) is 14.1. The minimum absolute atomic E-state index is 0.0176. The second-order valence-electron chi connectivity index (χ2n) is 6.65. The van der Waals surface area contributed by atoms with Gasteiger partial charge in [-0.1, -0.05) is 41.4 Å². The number of piperidine rings is 1. The zero-order chi connectivity index (χ0) is 20.1. The summed E-state index contributed by atoms with van der Waals surface area (Å²) in [6.45, 7) is 1.59. The maximum atomic E-state index is 12.4. The Kier molecular flexibility index (Phi) is 7.02. The first-order valence-corrected chi connectivity index (χ1v) is 9.77. The van der Waals surface area contributed by atoms with E-state index in [9.17, 15) is 4.79 Å². The Morgan fingerprint density at radius 3 is 2.39 bits per heavy atom. The SMILES string of the molecule is O=C(NCc1ccc(Cl)c(Cl)c1)N1CCC(Oc2ccc(C(O)O)cc2)CC1. The van der Waals surface area contributed by atoms with Gasteiger partial charge in [0.1, 0.15) is 11.9 Å². The van der Waals surface area contributed by atoms with Crippen molar-refractivity contribution >= 4 is 29.2 Å². The number of amides is 2. The van der Waals surface area contributed by atoms with Gasteiger partial charge in [-0.15, -0.1) is 0 Å². The second kappa shape index (κ2) is 9.47. The van der Waals surface area contributed by atoms with Crippen LogP contribution < -0.4 is 10.1 Å². The van der Waals surface area contributed by atoms with E-state index in [2.05, 4.69) is 5.32 Å². The summed E-state index contributed by atoms with van der Waals surface area (Å²) in [5.74, 6) is 0.673. The number of nitrogens with zero attached hydrogens (tertiary/aromatic N) is 1. The molecule has 150 valence electrons. The third kappa shape index (κ3) is 5.52. The smallest absolute Gasteiger partial charge is 0.317 e. The van der Waals surface area contributed by atoms with Crippen LogP contribution in [0.25, 0.3) is 0 Å². The van der Waals surface area contributed by atoms with Crippen molar-refractivity contribution in [2.75, 3.05) is 13.1 Å². The predicted molar refractivity (Wildman–Crippen MR) is 108 cm³/mol. The maximum Gasteiger partial charge on any atom is 0.317 e. The number of halogens is 2. The Labute approximate surface area is 173 Å². The molecule has 0 aromatic heterocycles. The summed E-state index contributed by atoms with van der Waals surface area (Å²) in [7, 11) is 0. The number of nitrogens with one attached hydrogen (secondary N) is 1. The Balaban J connectivity index is 1.44. The first-order valence-electron chi connectivity index (χ1n) is 9.02. The highest BCUT2D eigenvalue weighted by molar-refractivity contribution is 6.42. The van der Waals surface area contributed by atoms with E-state index in [1.165, 1.54) is 0 Å². The Hall–Kier alpha value is -1.99. The summed E-state index contributed by atoms with van der Waals surface area (Å²) in [6.07, 6.45) is -0.0153. The van der Waals surface area contributed by atoms with Crippen molar-refractivity contribution in [3.05, 3.63) is 63.6 Å².